The maximum Gasteiger partial charge on any atom is 0.417 e. The molecule has 1 aromatic carbocycles. The summed E-state index contributed by atoms with van der Waals surface area (Å²) in [7, 11) is 0. The van der Waals surface area contributed by atoms with E-state index in [1.54, 1.807) is 13.8 Å². The van der Waals surface area contributed by atoms with Crippen LogP contribution in [0.5, 0.6) is 11.8 Å². The molecule has 1 saturated carbocycles. The minimum atomic E-state index is -4.81. The molecule has 5 rings (SSSR count). The molecule has 3 heterocycles. The third-order valence-electron chi connectivity index (χ3n) is 6.97. The van der Waals surface area contributed by atoms with E-state index in [1.807, 2.05) is 0 Å². The minimum Gasteiger partial charge on any atom is -0.494 e. The van der Waals surface area contributed by atoms with Crippen LogP contribution in [0.15, 0.2) is 18.2 Å². The van der Waals surface area contributed by atoms with Crippen LogP contribution in [0.3, 0.4) is 0 Å². The molecular weight excluding hydrogens is 455 g/mol. The number of amides is 1. The lowest BCUT2D eigenvalue weighted by Gasteiger charge is -2.30. The number of carbonyl (C=O) groups is 1. The first-order valence-corrected chi connectivity index (χ1v) is 10.8. The van der Waals surface area contributed by atoms with Crippen molar-refractivity contribution in [2.24, 2.45) is 5.92 Å². The molecule has 3 aliphatic rings. The van der Waals surface area contributed by atoms with Crippen molar-refractivity contribution in [2.45, 2.75) is 56.5 Å². The highest BCUT2D eigenvalue weighted by Crippen LogP contribution is 2.64. The Kier molecular flexibility index (Phi) is 4.65. The molecule has 2 aliphatic heterocycles. The molecule has 1 aliphatic carbocycles. The Morgan fingerprint density at radius 1 is 1.29 bits per heavy atom. The van der Waals surface area contributed by atoms with Gasteiger partial charge in [0.25, 0.3) is 0 Å². The van der Waals surface area contributed by atoms with Crippen LogP contribution >= 0.6 is 0 Å². The molecule has 1 saturated heterocycles. The second-order valence-electron chi connectivity index (χ2n) is 9.45. The Morgan fingerprint density at radius 3 is 2.59 bits per heavy atom. The fourth-order valence-electron chi connectivity index (χ4n) is 5.16. The number of nitrogens with one attached hydrogen (secondary N) is 1. The number of fused-ring (bicyclic) bond motifs is 5. The summed E-state index contributed by atoms with van der Waals surface area (Å²) in [6.07, 6.45) is -3.13. The standard InChI is InChI=1S/C23H22F3N3O5/c1-21-8-15(28-20(32)33-10-11-3-4-11)22(2,34-21)17-16(21)18(30)29(19(17)31)13-6-5-12(9-27)14(7-13)23(24,25)26/h5-7,11,15,30-31H,3-4,8,10H2,1-2H3,(H,28,32)/t15-,21-,22+/m1/s1. The fourth-order valence-corrected chi connectivity index (χ4v) is 5.16. The van der Waals surface area contributed by atoms with E-state index in [1.165, 1.54) is 12.1 Å². The van der Waals surface area contributed by atoms with Crippen molar-refractivity contribution in [1.82, 2.24) is 9.88 Å². The van der Waals surface area contributed by atoms with Gasteiger partial charge < -0.3 is 25.0 Å². The quantitative estimate of drug-likeness (QED) is 0.609. The van der Waals surface area contributed by atoms with Crippen molar-refractivity contribution in [2.75, 3.05) is 6.61 Å². The third kappa shape index (κ3) is 3.20. The normalized spacial score (nSPS) is 27.4. The van der Waals surface area contributed by atoms with E-state index in [2.05, 4.69) is 5.32 Å². The van der Waals surface area contributed by atoms with Crippen LogP contribution in [0.2, 0.25) is 0 Å². The Bertz CT molecular complexity index is 1250. The number of halogens is 3. The average molecular weight is 477 g/mol. The summed E-state index contributed by atoms with van der Waals surface area (Å²) in [5.74, 6) is -0.591. The maximum atomic E-state index is 13.5. The number of carbonyl (C=O) groups excluding carboxylic acids is 1. The zero-order valence-corrected chi connectivity index (χ0v) is 18.4. The number of nitrogens with zero attached hydrogens (tertiary/aromatic N) is 2. The first-order chi connectivity index (χ1) is 15.9. The maximum absolute atomic E-state index is 13.5. The highest BCUT2D eigenvalue weighted by Gasteiger charge is 2.65. The predicted octanol–water partition coefficient (Wildman–Crippen LogP) is 4.15. The summed E-state index contributed by atoms with van der Waals surface area (Å²) in [5, 5.41) is 33.9. The molecule has 8 nitrogen and oxygen atoms in total. The van der Waals surface area contributed by atoms with Crippen molar-refractivity contribution >= 4 is 6.09 Å². The zero-order valence-electron chi connectivity index (χ0n) is 18.4. The van der Waals surface area contributed by atoms with Crippen LogP contribution in [-0.2, 0) is 26.9 Å². The van der Waals surface area contributed by atoms with Gasteiger partial charge in [-0.1, -0.05) is 0 Å². The third-order valence-corrected chi connectivity index (χ3v) is 6.97. The first kappa shape index (κ1) is 22.4. The van der Waals surface area contributed by atoms with Gasteiger partial charge in [0.05, 0.1) is 52.3 Å². The summed E-state index contributed by atoms with van der Waals surface area (Å²) in [6, 6.07) is 3.79. The van der Waals surface area contributed by atoms with Crippen LogP contribution in [-0.4, -0.2) is 33.5 Å². The monoisotopic (exact) mass is 477 g/mol. The number of ether oxygens (including phenoxy) is 2. The van der Waals surface area contributed by atoms with Gasteiger partial charge in [-0.25, -0.2) is 4.79 Å². The van der Waals surface area contributed by atoms with E-state index < -0.39 is 52.4 Å². The summed E-state index contributed by atoms with van der Waals surface area (Å²) < 4.78 is 52.7. The van der Waals surface area contributed by atoms with Crippen LogP contribution in [0.4, 0.5) is 18.0 Å². The molecule has 34 heavy (non-hydrogen) atoms. The molecule has 0 radical (unpaired) electrons. The predicted molar refractivity (Wildman–Crippen MR) is 110 cm³/mol. The number of aromatic hydroxyl groups is 2. The van der Waals surface area contributed by atoms with Gasteiger partial charge in [-0.2, -0.15) is 18.4 Å². The van der Waals surface area contributed by atoms with E-state index in [-0.39, 0.29) is 23.2 Å². The second kappa shape index (κ2) is 7.06. The molecule has 1 amide bonds. The van der Waals surface area contributed by atoms with Crippen LogP contribution in [0.1, 0.15) is 55.4 Å². The molecule has 3 N–H and O–H groups in total. The number of alkyl carbamates (subject to hydrolysis) is 1. The van der Waals surface area contributed by atoms with E-state index in [0.29, 0.717) is 18.6 Å². The van der Waals surface area contributed by atoms with Gasteiger partial charge in [0, 0.05) is 6.42 Å². The lowest BCUT2D eigenvalue weighted by Crippen LogP contribution is -2.47. The lowest BCUT2D eigenvalue weighted by atomic mass is 9.76. The molecular formula is C23H22F3N3O5. The molecule has 0 unspecified atom stereocenters. The molecule has 2 bridgehead atoms. The number of hydrogen-bond donors (Lipinski definition) is 3. The van der Waals surface area contributed by atoms with E-state index >= 15 is 0 Å². The Labute approximate surface area is 192 Å². The molecule has 180 valence electrons. The highest BCUT2D eigenvalue weighted by atomic mass is 19.4. The molecule has 2 aromatic rings. The van der Waals surface area contributed by atoms with Gasteiger partial charge in [-0.15, -0.1) is 0 Å². The average Bonchev–Trinajstić information content (AvgIpc) is 3.43. The van der Waals surface area contributed by atoms with Crippen molar-refractivity contribution in [1.29, 1.82) is 5.26 Å². The summed E-state index contributed by atoms with van der Waals surface area (Å²) >= 11 is 0. The van der Waals surface area contributed by atoms with Crippen LogP contribution < -0.4 is 5.32 Å². The van der Waals surface area contributed by atoms with Crippen molar-refractivity contribution < 1.29 is 37.7 Å². The minimum absolute atomic E-state index is 0.171. The Hall–Kier alpha value is -3.39. The summed E-state index contributed by atoms with van der Waals surface area (Å²) in [6.45, 7) is 3.64. The molecule has 3 atom stereocenters. The van der Waals surface area contributed by atoms with Gasteiger partial charge in [0.15, 0.2) is 0 Å². The molecule has 1 aromatic heterocycles. The van der Waals surface area contributed by atoms with Crippen molar-refractivity contribution in [3.63, 3.8) is 0 Å². The lowest BCUT2D eigenvalue weighted by molar-refractivity contribution is -0.137. The topological polar surface area (TPSA) is 117 Å². The van der Waals surface area contributed by atoms with Gasteiger partial charge >= 0.3 is 12.3 Å². The molecule has 11 heteroatoms. The van der Waals surface area contributed by atoms with E-state index in [4.69, 9.17) is 14.7 Å². The Balaban J connectivity index is 1.54. The number of rotatable bonds is 4. The highest BCUT2D eigenvalue weighted by molar-refractivity contribution is 5.69. The van der Waals surface area contributed by atoms with Gasteiger partial charge in [-0.05, 0) is 50.8 Å². The van der Waals surface area contributed by atoms with Gasteiger partial charge in [-0.3, -0.25) is 4.57 Å². The van der Waals surface area contributed by atoms with Crippen LogP contribution in [0.25, 0.3) is 5.69 Å². The number of alkyl halides is 3. The largest absolute Gasteiger partial charge is 0.494 e. The number of aromatic nitrogens is 1. The van der Waals surface area contributed by atoms with Crippen molar-refractivity contribution in [3.8, 4) is 23.5 Å². The second-order valence-corrected chi connectivity index (χ2v) is 9.45. The fraction of sp³-hybridized carbons (Fsp3) is 0.478. The SMILES string of the molecule is C[C@]12C[C@@H](NC(=O)OCC3CC3)[C@](C)(O1)c1c2c(O)n(-c2ccc(C#N)c(C(F)(F)F)c2)c1O. The smallest absolute Gasteiger partial charge is 0.417 e. The molecule has 2 fully saturated rings. The van der Waals surface area contributed by atoms with Crippen LogP contribution in [0, 0.1) is 17.2 Å². The summed E-state index contributed by atoms with van der Waals surface area (Å²) in [5.41, 5.74) is -3.87. The zero-order chi connectivity index (χ0) is 24.6. The first-order valence-electron chi connectivity index (χ1n) is 10.8. The number of benzene rings is 1. The Morgan fingerprint density at radius 2 is 1.97 bits per heavy atom. The van der Waals surface area contributed by atoms with Crippen molar-refractivity contribution in [3.05, 3.63) is 40.5 Å². The van der Waals surface area contributed by atoms with E-state index in [9.17, 15) is 28.2 Å². The van der Waals surface area contributed by atoms with Gasteiger partial charge in [0.2, 0.25) is 11.8 Å². The number of hydrogen-bond acceptors (Lipinski definition) is 6. The van der Waals surface area contributed by atoms with E-state index in [0.717, 1.165) is 23.5 Å². The summed E-state index contributed by atoms with van der Waals surface area (Å²) in [4.78, 5) is 12.3. The molecule has 0 spiro atoms. The number of nitriles is 1. The van der Waals surface area contributed by atoms with Gasteiger partial charge in [0.1, 0.15) is 5.60 Å².